The van der Waals surface area contributed by atoms with Gasteiger partial charge >= 0.3 is 0 Å². The topological polar surface area (TPSA) is 0 Å². The summed E-state index contributed by atoms with van der Waals surface area (Å²) in [4.78, 5) is 2.75. The van der Waals surface area contributed by atoms with Gasteiger partial charge < -0.3 is 0 Å². The first-order valence-electron chi connectivity index (χ1n) is 4.85. The number of rotatable bonds is 1. The van der Waals surface area contributed by atoms with E-state index >= 15 is 0 Å². The molecule has 0 aliphatic carbocycles. The lowest BCUT2D eigenvalue weighted by Crippen LogP contribution is -1.77. The molecule has 0 atom stereocenters. The van der Waals surface area contributed by atoms with E-state index in [9.17, 15) is 0 Å². The quantitative estimate of drug-likeness (QED) is 0.626. The summed E-state index contributed by atoms with van der Waals surface area (Å²) in [7, 11) is 0. The molecule has 2 rings (SSSR count). The molecule has 2 aromatic rings. The van der Waals surface area contributed by atoms with E-state index in [4.69, 9.17) is 11.6 Å². The third-order valence-electron chi connectivity index (χ3n) is 1.83. The van der Waals surface area contributed by atoms with Gasteiger partial charge in [-0.1, -0.05) is 31.5 Å². The average molecular weight is 259 g/mol. The van der Waals surface area contributed by atoms with Gasteiger partial charge in [0.2, 0.25) is 0 Å². The molecule has 0 aliphatic rings. The van der Waals surface area contributed by atoms with Gasteiger partial charge in [-0.05, 0) is 36.4 Å². The van der Waals surface area contributed by atoms with Crippen molar-refractivity contribution >= 4 is 34.3 Å². The molecule has 2 aromatic heterocycles. The summed E-state index contributed by atoms with van der Waals surface area (Å²) in [5.74, 6) is 0.613. The summed E-state index contributed by atoms with van der Waals surface area (Å²) >= 11 is 9.16. The normalized spacial score (nSPS) is 9.93. The maximum absolute atomic E-state index is 5.72. The molecule has 0 saturated carbocycles. The van der Waals surface area contributed by atoms with E-state index in [-0.39, 0.29) is 0 Å². The molecule has 0 bridgehead atoms. The second-order valence-corrected chi connectivity index (χ2v) is 6.42. The fourth-order valence-electron chi connectivity index (χ4n) is 0.999. The lowest BCUT2D eigenvalue weighted by molar-refractivity contribution is 0.890. The minimum atomic E-state index is 0.613. The molecular weight excluding hydrogens is 244 g/mol. The summed E-state index contributed by atoms with van der Waals surface area (Å²) in [6.45, 7) is 6.44. The number of aryl methyl sites for hydroxylation is 1. The highest BCUT2D eigenvalue weighted by atomic mass is 35.5. The first-order valence-corrected chi connectivity index (χ1v) is 6.92. The minimum absolute atomic E-state index is 0.613. The van der Waals surface area contributed by atoms with Crippen molar-refractivity contribution in [3.63, 3.8) is 0 Å². The molecule has 0 saturated heterocycles. The summed E-state index contributed by atoms with van der Waals surface area (Å²) in [5.41, 5.74) is 0. The fourth-order valence-corrected chi connectivity index (χ4v) is 2.59. The largest absolute Gasteiger partial charge is 0.149 e. The highest BCUT2D eigenvalue weighted by molar-refractivity contribution is 7.16. The lowest BCUT2D eigenvalue weighted by Gasteiger charge is -1.95. The number of hydrogen-bond donors (Lipinski definition) is 0. The van der Waals surface area contributed by atoms with Crippen molar-refractivity contribution in [3.05, 3.63) is 43.7 Å². The van der Waals surface area contributed by atoms with Crippen LogP contribution in [0.3, 0.4) is 0 Å². The van der Waals surface area contributed by atoms with Crippen molar-refractivity contribution in [3.8, 4) is 0 Å². The highest BCUT2D eigenvalue weighted by Gasteiger charge is 2.00. The first kappa shape index (κ1) is 12.8. The van der Waals surface area contributed by atoms with Gasteiger partial charge in [0.15, 0.2) is 0 Å². The van der Waals surface area contributed by atoms with E-state index in [1.165, 1.54) is 9.75 Å². The van der Waals surface area contributed by atoms with Crippen LogP contribution in [0, 0.1) is 6.92 Å². The zero-order valence-corrected chi connectivity index (χ0v) is 11.5. The Morgan fingerprint density at radius 3 is 2.13 bits per heavy atom. The van der Waals surface area contributed by atoms with Crippen LogP contribution in [-0.4, -0.2) is 0 Å². The zero-order valence-electron chi connectivity index (χ0n) is 9.16. The van der Waals surface area contributed by atoms with Crippen LogP contribution in [-0.2, 0) is 0 Å². The van der Waals surface area contributed by atoms with Gasteiger partial charge in [0, 0.05) is 9.75 Å². The molecular formula is C12H15ClS2. The van der Waals surface area contributed by atoms with Crippen LogP contribution >= 0.6 is 34.3 Å². The molecule has 0 aromatic carbocycles. The van der Waals surface area contributed by atoms with E-state index in [0.717, 1.165) is 4.34 Å². The van der Waals surface area contributed by atoms with Crippen LogP contribution in [0.4, 0.5) is 0 Å². The summed E-state index contributed by atoms with van der Waals surface area (Å²) in [5, 5.41) is 2.08. The van der Waals surface area contributed by atoms with Crippen molar-refractivity contribution in [2.24, 2.45) is 0 Å². The molecule has 0 aliphatic heterocycles. The molecule has 3 heteroatoms. The van der Waals surface area contributed by atoms with Gasteiger partial charge in [-0.3, -0.25) is 0 Å². The molecule has 2 heterocycles. The van der Waals surface area contributed by atoms with Crippen molar-refractivity contribution in [1.82, 2.24) is 0 Å². The van der Waals surface area contributed by atoms with Gasteiger partial charge in [0.1, 0.15) is 0 Å². The van der Waals surface area contributed by atoms with Crippen molar-refractivity contribution in [2.75, 3.05) is 0 Å². The van der Waals surface area contributed by atoms with Gasteiger partial charge in [0.05, 0.1) is 4.34 Å². The van der Waals surface area contributed by atoms with Crippen molar-refractivity contribution in [2.45, 2.75) is 26.7 Å². The SMILES string of the molecule is CC(C)c1ccc(Cl)s1.Cc1cccs1. The Bertz CT molecular complexity index is 374. The molecule has 0 fully saturated rings. The minimum Gasteiger partial charge on any atom is -0.149 e. The summed E-state index contributed by atoms with van der Waals surface area (Å²) in [6, 6.07) is 8.18. The van der Waals surface area contributed by atoms with E-state index < -0.39 is 0 Å². The fraction of sp³-hybridized carbons (Fsp3) is 0.333. The average Bonchev–Trinajstić information content (AvgIpc) is 2.77. The van der Waals surface area contributed by atoms with Crippen LogP contribution in [0.25, 0.3) is 0 Å². The predicted molar refractivity (Wildman–Crippen MR) is 72.5 cm³/mol. The maximum Gasteiger partial charge on any atom is 0.0931 e. The number of hydrogen-bond acceptors (Lipinski definition) is 2. The van der Waals surface area contributed by atoms with E-state index in [1.54, 1.807) is 22.7 Å². The van der Waals surface area contributed by atoms with Crippen LogP contribution in [0.1, 0.15) is 29.5 Å². The number of halogens is 1. The maximum atomic E-state index is 5.72. The predicted octanol–water partition coefficient (Wildman–Crippen LogP) is 5.58. The van der Waals surface area contributed by atoms with E-state index in [1.807, 2.05) is 6.07 Å². The third kappa shape index (κ3) is 4.83. The molecule has 0 radical (unpaired) electrons. The standard InChI is InChI=1S/C7H9ClS.C5H6S/c1-5(2)6-3-4-7(8)9-6;1-5-3-2-4-6-5/h3-5H,1-2H3;2-4H,1H3. The lowest BCUT2D eigenvalue weighted by atomic mass is 10.2. The van der Waals surface area contributed by atoms with Crippen molar-refractivity contribution < 1.29 is 0 Å². The second-order valence-electron chi connectivity index (χ2n) is 3.52. The Morgan fingerprint density at radius 2 is 1.93 bits per heavy atom. The molecule has 0 nitrogen and oxygen atoms in total. The van der Waals surface area contributed by atoms with Gasteiger partial charge in [-0.2, -0.15) is 0 Å². The molecule has 15 heavy (non-hydrogen) atoms. The molecule has 0 amide bonds. The van der Waals surface area contributed by atoms with E-state index in [2.05, 4.69) is 44.4 Å². The zero-order chi connectivity index (χ0) is 11.3. The van der Waals surface area contributed by atoms with Gasteiger partial charge in [-0.15, -0.1) is 22.7 Å². The summed E-state index contributed by atoms with van der Waals surface area (Å²) in [6.07, 6.45) is 0. The van der Waals surface area contributed by atoms with Crippen LogP contribution in [0.2, 0.25) is 4.34 Å². The molecule has 82 valence electrons. The molecule has 0 N–H and O–H groups in total. The Kier molecular flexibility index (Phi) is 5.37. The monoisotopic (exact) mass is 258 g/mol. The highest BCUT2D eigenvalue weighted by Crippen LogP contribution is 2.27. The van der Waals surface area contributed by atoms with Gasteiger partial charge in [-0.25, -0.2) is 0 Å². The first-order chi connectivity index (χ1) is 7.09. The summed E-state index contributed by atoms with van der Waals surface area (Å²) < 4.78 is 0.888. The Morgan fingerprint density at radius 1 is 1.20 bits per heavy atom. The Labute approximate surface area is 105 Å². The molecule has 0 unspecified atom stereocenters. The Hall–Kier alpha value is -0.310. The Balaban J connectivity index is 0.000000162. The van der Waals surface area contributed by atoms with Crippen LogP contribution in [0.5, 0.6) is 0 Å². The van der Waals surface area contributed by atoms with E-state index in [0.29, 0.717) is 5.92 Å². The van der Waals surface area contributed by atoms with Crippen LogP contribution < -0.4 is 0 Å². The van der Waals surface area contributed by atoms with Crippen LogP contribution in [0.15, 0.2) is 29.6 Å². The second kappa shape index (κ2) is 6.31. The third-order valence-corrected chi connectivity index (χ3v) is 4.16. The molecule has 0 spiro atoms. The van der Waals surface area contributed by atoms with Crippen molar-refractivity contribution in [1.29, 1.82) is 0 Å². The smallest absolute Gasteiger partial charge is 0.0931 e. The van der Waals surface area contributed by atoms with Gasteiger partial charge in [0.25, 0.3) is 0 Å². The number of thiophene rings is 2.